The van der Waals surface area contributed by atoms with E-state index in [0.717, 1.165) is 11.1 Å². The fourth-order valence-electron chi connectivity index (χ4n) is 2.28. The smallest absolute Gasteiger partial charge is 0.261 e. The average molecular weight is 366 g/mol. The third-order valence-electron chi connectivity index (χ3n) is 3.39. The number of thiazole rings is 1. The van der Waals surface area contributed by atoms with E-state index >= 15 is 0 Å². The predicted octanol–water partition coefficient (Wildman–Crippen LogP) is 1.96. The lowest BCUT2D eigenvalue weighted by molar-refractivity contribution is 0.0949. The molecule has 0 radical (unpaired) electrons. The van der Waals surface area contributed by atoms with Crippen molar-refractivity contribution in [1.82, 2.24) is 15.3 Å². The molecule has 1 aromatic carbocycles. The van der Waals surface area contributed by atoms with E-state index in [1.165, 1.54) is 11.3 Å². The van der Waals surface area contributed by atoms with Crippen LogP contribution in [0.15, 0.2) is 34.4 Å². The van der Waals surface area contributed by atoms with Gasteiger partial charge in [0.25, 0.3) is 11.5 Å². The number of carbonyl (C=O) groups is 1. The molecule has 0 unspecified atom stereocenters. The van der Waals surface area contributed by atoms with Crippen molar-refractivity contribution in [3.05, 3.63) is 51.3 Å². The monoisotopic (exact) mass is 365 g/mol. The van der Waals surface area contributed by atoms with E-state index in [1.54, 1.807) is 18.5 Å². The summed E-state index contributed by atoms with van der Waals surface area (Å²) in [6.45, 7) is 0.223. The highest BCUT2D eigenvalue weighted by atomic mass is 35.5. The first-order valence-corrected chi connectivity index (χ1v) is 7.78. The van der Waals surface area contributed by atoms with Crippen LogP contribution in [0.2, 0.25) is 0 Å². The molecule has 3 rings (SSSR count). The number of para-hydroxylation sites is 1. The summed E-state index contributed by atoms with van der Waals surface area (Å²) in [7, 11) is 1.77. The van der Waals surface area contributed by atoms with Crippen molar-refractivity contribution in [2.24, 2.45) is 0 Å². The van der Waals surface area contributed by atoms with Crippen LogP contribution in [-0.4, -0.2) is 22.9 Å². The molecule has 0 bridgehead atoms. The Balaban J connectivity index is 0.00000208. The number of nitrogen functional groups attached to an aromatic ring is 1. The highest BCUT2D eigenvalue weighted by Crippen LogP contribution is 2.20. The molecule has 2 aromatic heterocycles. The lowest BCUT2D eigenvalue weighted by atomic mass is 10.1. The first-order chi connectivity index (χ1) is 11.1. The summed E-state index contributed by atoms with van der Waals surface area (Å²) in [6.07, 6.45) is 0. The van der Waals surface area contributed by atoms with E-state index in [1.807, 2.05) is 18.2 Å². The van der Waals surface area contributed by atoms with Gasteiger partial charge in [0, 0.05) is 17.8 Å². The molecule has 7 nitrogen and oxygen atoms in total. The van der Waals surface area contributed by atoms with Gasteiger partial charge in [-0.1, -0.05) is 12.1 Å². The molecule has 24 heavy (non-hydrogen) atoms. The molecule has 0 saturated heterocycles. The van der Waals surface area contributed by atoms with Crippen molar-refractivity contribution >= 4 is 51.4 Å². The zero-order valence-electron chi connectivity index (χ0n) is 12.8. The van der Waals surface area contributed by atoms with E-state index in [-0.39, 0.29) is 24.5 Å². The van der Waals surface area contributed by atoms with Gasteiger partial charge in [0.1, 0.15) is 5.56 Å². The second-order valence-electron chi connectivity index (χ2n) is 4.89. The minimum absolute atomic E-state index is 0. The maximum atomic E-state index is 12.2. The van der Waals surface area contributed by atoms with Gasteiger partial charge in [-0.05, 0) is 12.1 Å². The minimum atomic E-state index is -0.449. The number of anilines is 2. The second kappa shape index (κ2) is 7.33. The molecule has 0 fully saturated rings. The van der Waals surface area contributed by atoms with Gasteiger partial charge in [0.05, 0.1) is 23.4 Å². The van der Waals surface area contributed by atoms with Crippen LogP contribution in [0.1, 0.15) is 16.1 Å². The van der Waals surface area contributed by atoms with E-state index < -0.39 is 11.5 Å². The van der Waals surface area contributed by atoms with Crippen molar-refractivity contribution in [3.63, 3.8) is 0 Å². The molecular weight excluding hydrogens is 350 g/mol. The molecule has 0 saturated carbocycles. The molecule has 0 spiro atoms. The Labute approximate surface area is 147 Å². The number of benzene rings is 1. The molecule has 0 aliphatic carbocycles. The number of fused-ring (bicyclic) bond motifs is 1. The van der Waals surface area contributed by atoms with Gasteiger partial charge in [-0.25, -0.2) is 4.98 Å². The third-order valence-corrected chi connectivity index (χ3v) is 4.12. The Morgan fingerprint density at radius 3 is 2.88 bits per heavy atom. The van der Waals surface area contributed by atoms with Gasteiger partial charge in [0.15, 0.2) is 5.13 Å². The number of halogens is 1. The lowest BCUT2D eigenvalue weighted by Crippen LogP contribution is -2.29. The summed E-state index contributed by atoms with van der Waals surface area (Å²) in [5.41, 5.74) is 7.30. The Bertz CT molecular complexity index is 937. The summed E-state index contributed by atoms with van der Waals surface area (Å²) in [5, 5.41) is 8.66. The fourth-order valence-corrected chi connectivity index (χ4v) is 2.84. The van der Waals surface area contributed by atoms with E-state index in [0.29, 0.717) is 16.3 Å². The lowest BCUT2D eigenvalue weighted by Gasteiger charge is -2.08. The number of aromatic nitrogens is 2. The van der Waals surface area contributed by atoms with Gasteiger partial charge in [-0.15, -0.1) is 23.7 Å². The van der Waals surface area contributed by atoms with Gasteiger partial charge in [0.2, 0.25) is 0 Å². The Hall–Kier alpha value is -2.58. The summed E-state index contributed by atoms with van der Waals surface area (Å²) < 4.78 is 0. The number of hydrogen-bond donors (Lipinski definition) is 4. The first kappa shape index (κ1) is 17.8. The van der Waals surface area contributed by atoms with Crippen LogP contribution in [0, 0.1) is 0 Å². The van der Waals surface area contributed by atoms with Crippen molar-refractivity contribution < 1.29 is 4.79 Å². The summed E-state index contributed by atoms with van der Waals surface area (Å²) >= 11 is 1.30. The number of aromatic amines is 1. The largest absolute Gasteiger partial charge is 0.386 e. The molecule has 0 aliphatic heterocycles. The maximum absolute atomic E-state index is 12.2. The number of carbonyl (C=O) groups excluding carboxylic acids is 1. The van der Waals surface area contributed by atoms with Gasteiger partial charge in [-0.2, -0.15) is 0 Å². The number of rotatable bonds is 4. The third kappa shape index (κ3) is 3.50. The highest BCUT2D eigenvalue weighted by Gasteiger charge is 2.13. The highest BCUT2D eigenvalue weighted by molar-refractivity contribution is 7.13. The number of pyridine rings is 1. The van der Waals surface area contributed by atoms with Crippen molar-refractivity contribution in [2.45, 2.75) is 6.54 Å². The van der Waals surface area contributed by atoms with Crippen LogP contribution in [0.3, 0.4) is 0 Å². The Kier molecular flexibility index (Phi) is 5.42. The predicted molar refractivity (Wildman–Crippen MR) is 99.1 cm³/mol. The molecule has 1 amide bonds. The molecule has 0 atom stereocenters. The zero-order valence-corrected chi connectivity index (χ0v) is 14.4. The number of H-pyrrole nitrogens is 1. The summed E-state index contributed by atoms with van der Waals surface area (Å²) in [5.74, 6) is -0.449. The SMILES string of the molecule is CNc1cccc2cc(C(=O)NCc3csc(N)n3)c(=O)[nH]c12.Cl. The summed E-state index contributed by atoms with van der Waals surface area (Å²) in [6, 6.07) is 7.13. The number of nitrogens with zero attached hydrogens (tertiary/aromatic N) is 1. The molecule has 0 aliphatic rings. The van der Waals surface area contributed by atoms with Crippen LogP contribution < -0.4 is 21.9 Å². The van der Waals surface area contributed by atoms with Crippen LogP contribution >= 0.6 is 23.7 Å². The van der Waals surface area contributed by atoms with E-state index in [4.69, 9.17) is 5.73 Å². The molecule has 9 heteroatoms. The molecule has 2 heterocycles. The quantitative estimate of drug-likeness (QED) is 0.564. The molecule has 126 valence electrons. The van der Waals surface area contributed by atoms with E-state index in [2.05, 4.69) is 20.6 Å². The van der Waals surface area contributed by atoms with Crippen LogP contribution in [-0.2, 0) is 6.54 Å². The van der Waals surface area contributed by atoms with Crippen LogP contribution in [0.25, 0.3) is 10.9 Å². The number of hydrogen-bond acceptors (Lipinski definition) is 6. The zero-order chi connectivity index (χ0) is 16.4. The van der Waals surface area contributed by atoms with Crippen molar-refractivity contribution in [1.29, 1.82) is 0 Å². The van der Waals surface area contributed by atoms with Gasteiger partial charge < -0.3 is 21.4 Å². The molecule has 5 N–H and O–H groups in total. The average Bonchev–Trinajstić information content (AvgIpc) is 2.97. The van der Waals surface area contributed by atoms with Gasteiger partial charge >= 0.3 is 0 Å². The number of nitrogens with two attached hydrogens (primary N) is 1. The maximum Gasteiger partial charge on any atom is 0.261 e. The summed E-state index contributed by atoms with van der Waals surface area (Å²) in [4.78, 5) is 31.2. The normalized spacial score (nSPS) is 10.2. The Morgan fingerprint density at radius 1 is 1.42 bits per heavy atom. The standard InChI is InChI=1S/C15H15N5O2S.ClH/c1-17-11-4-2-3-8-5-10(14(22)20-12(8)11)13(21)18-6-9-7-23-15(16)19-9;/h2-5,7,17H,6H2,1H3,(H2,16,19)(H,18,21)(H,20,22);1H. The number of nitrogens with one attached hydrogen (secondary N) is 3. The minimum Gasteiger partial charge on any atom is -0.386 e. The van der Waals surface area contributed by atoms with Crippen LogP contribution in [0.5, 0.6) is 0 Å². The second-order valence-corrected chi connectivity index (χ2v) is 5.78. The van der Waals surface area contributed by atoms with Gasteiger partial charge in [-0.3, -0.25) is 9.59 Å². The topological polar surface area (TPSA) is 113 Å². The van der Waals surface area contributed by atoms with Crippen LogP contribution in [0.4, 0.5) is 10.8 Å². The number of amides is 1. The first-order valence-electron chi connectivity index (χ1n) is 6.90. The molecular formula is C15H16ClN5O2S. The Morgan fingerprint density at radius 2 is 2.21 bits per heavy atom. The molecule has 3 aromatic rings. The van der Waals surface area contributed by atoms with Crippen molar-refractivity contribution in [2.75, 3.05) is 18.1 Å². The van der Waals surface area contributed by atoms with E-state index in [9.17, 15) is 9.59 Å². The van der Waals surface area contributed by atoms with Crippen molar-refractivity contribution in [3.8, 4) is 0 Å². The fraction of sp³-hybridized carbons (Fsp3) is 0.133.